The van der Waals surface area contributed by atoms with Gasteiger partial charge in [0, 0.05) is 5.56 Å². The van der Waals surface area contributed by atoms with Gasteiger partial charge in [-0.25, -0.2) is 13.2 Å². The zero-order valence-corrected chi connectivity index (χ0v) is 17.3. The number of rotatable bonds is 5. The van der Waals surface area contributed by atoms with Crippen molar-refractivity contribution >= 4 is 0 Å². The molecule has 3 rings (SSSR count). The number of aryl methyl sites for hydroxylation is 1. The predicted molar refractivity (Wildman–Crippen MR) is 112 cm³/mol. The van der Waals surface area contributed by atoms with Crippen LogP contribution in [0.15, 0.2) is 30.3 Å². The number of nitrogens with zero attached hydrogens (tertiary/aromatic N) is 1. The van der Waals surface area contributed by atoms with Crippen LogP contribution in [0.5, 0.6) is 0 Å². The summed E-state index contributed by atoms with van der Waals surface area (Å²) in [7, 11) is 0. The second-order valence-corrected chi connectivity index (χ2v) is 8.20. The Kier molecular flexibility index (Phi) is 7.58. The van der Waals surface area contributed by atoms with E-state index < -0.39 is 17.5 Å². The first-order chi connectivity index (χ1) is 14.5. The summed E-state index contributed by atoms with van der Waals surface area (Å²) in [6.07, 6.45) is 9.11. The average Bonchev–Trinajstić information content (AvgIpc) is 2.73. The molecular formula is C26H26F3N. The Morgan fingerprint density at radius 3 is 2.07 bits per heavy atom. The lowest BCUT2D eigenvalue weighted by atomic mass is 9.78. The van der Waals surface area contributed by atoms with Gasteiger partial charge in [0.15, 0.2) is 0 Å². The van der Waals surface area contributed by atoms with Crippen molar-refractivity contribution in [1.82, 2.24) is 0 Å². The summed E-state index contributed by atoms with van der Waals surface area (Å²) in [5.74, 6) is 4.42. The number of hydrogen-bond acceptors (Lipinski definition) is 1. The normalized spacial score (nSPS) is 18.4. The largest absolute Gasteiger partial charge is 0.206 e. The van der Waals surface area contributed by atoms with Gasteiger partial charge in [0.05, 0.1) is 11.1 Å². The molecule has 2 aromatic carbocycles. The van der Waals surface area contributed by atoms with E-state index in [1.807, 2.05) is 0 Å². The van der Waals surface area contributed by atoms with E-state index >= 15 is 0 Å². The minimum Gasteiger partial charge on any atom is -0.206 e. The van der Waals surface area contributed by atoms with Gasteiger partial charge in [0.1, 0.15) is 23.5 Å². The number of benzene rings is 2. The third-order valence-electron chi connectivity index (χ3n) is 6.03. The molecule has 156 valence electrons. The average molecular weight is 409 g/mol. The molecule has 0 heterocycles. The van der Waals surface area contributed by atoms with Crippen LogP contribution in [0, 0.1) is 52.5 Å². The van der Waals surface area contributed by atoms with Crippen molar-refractivity contribution in [3.8, 4) is 17.9 Å². The smallest absolute Gasteiger partial charge is 0.142 e. The Balaban J connectivity index is 1.64. The van der Waals surface area contributed by atoms with Gasteiger partial charge < -0.3 is 0 Å². The topological polar surface area (TPSA) is 23.8 Å². The monoisotopic (exact) mass is 409 g/mol. The fourth-order valence-corrected chi connectivity index (χ4v) is 4.30. The van der Waals surface area contributed by atoms with Crippen LogP contribution in [0.2, 0.25) is 0 Å². The van der Waals surface area contributed by atoms with Gasteiger partial charge in [-0.3, -0.25) is 0 Å². The van der Waals surface area contributed by atoms with E-state index in [1.54, 1.807) is 6.07 Å². The lowest BCUT2D eigenvalue weighted by Crippen LogP contribution is -2.15. The van der Waals surface area contributed by atoms with Gasteiger partial charge in [0.2, 0.25) is 0 Å². The standard InChI is InChI=1S/C26H26F3N/c1-2-3-18-4-6-19(7-5-18)8-9-21-15-25(28)23(26(29)16-21)13-11-20-10-12-22(17-30)24(27)14-20/h10,12,14-16,18-19H,2-9H2,1H3/t18-,19-. The third-order valence-corrected chi connectivity index (χ3v) is 6.03. The van der Waals surface area contributed by atoms with E-state index in [2.05, 4.69) is 18.8 Å². The quantitative estimate of drug-likeness (QED) is 0.492. The maximum absolute atomic E-state index is 14.5. The van der Waals surface area contributed by atoms with E-state index in [-0.39, 0.29) is 16.7 Å². The van der Waals surface area contributed by atoms with Crippen molar-refractivity contribution in [2.75, 3.05) is 0 Å². The molecule has 1 saturated carbocycles. The van der Waals surface area contributed by atoms with Gasteiger partial charge in [0.25, 0.3) is 0 Å². The lowest BCUT2D eigenvalue weighted by Gasteiger charge is -2.28. The van der Waals surface area contributed by atoms with Crippen molar-refractivity contribution in [2.24, 2.45) is 11.8 Å². The van der Waals surface area contributed by atoms with Gasteiger partial charge in [-0.05, 0) is 60.6 Å². The maximum atomic E-state index is 14.5. The molecule has 0 N–H and O–H groups in total. The van der Waals surface area contributed by atoms with Crippen molar-refractivity contribution in [2.45, 2.75) is 58.3 Å². The van der Waals surface area contributed by atoms with Crippen molar-refractivity contribution in [3.63, 3.8) is 0 Å². The molecule has 0 bridgehead atoms. The first kappa shape index (κ1) is 22.0. The van der Waals surface area contributed by atoms with Gasteiger partial charge in [-0.1, -0.05) is 57.3 Å². The molecule has 0 atom stereocenters. The molecule has 0 unspecified atom stereocenters. The molecule has 1 fully saturated rings. The summed E-state index contributed by atoms with van der Waals surface area (Å²) in [4.78, 5) is 0. The Hall–Kier alpha value is -2.72. The molecule has 0 radical (unpaired) electrons. The fraction of sp³-hybridized carbons (Fsp3) is 0.423. The van der Waals surface area contributed by atoms with Crippen LogP contribution in [-0.2, 0) is 6.42 Å². The molecule has 2 aromatic rings. The van der Waals surface area contributed by atoms with Crippen LogP contribution in [0.4, 0.5) is 13.2 Å². The Bertz CT molecular complexity index is 963. The number of hydrogen-bond donors (Lipinski definition) is 0. The zero-order chi connectivity index (χ0) is 21.5. The van der Waals surface area contributed by atoms with Crippen LogP contribution >= 0.6 is 0 Å². The van der Waals surface area contributed by atoms with E-state index in [4.69, 9.17) is 5.26 Å². The van der Waals surface area contributed by atoms with Crippen molar-refractivity contribution in [1.29, 1.82) is 5.26 Å². The summed E-state index contributed by atoms with van der Waals surface area (Å²) in [6, 6.07) is 8.27. The highest BCUT2D eigenvalue weighted by Crippen LogP contribution is 2.34. The van der Waals surface area contributed by atoms with E-state index in [1.165, 1.54) is 62.8 Å². The molecule has 1 nitrogen and oxygen atoms in total. The van der Waals surface area contributed by atoms with Crippen LogP contribution in [-0.4, -0.2) is 0 Å². The van der Waals surface area contributed by atoms with Crippen molar-refractivity contribution in [3.05, 3.63) is 70.0 Å². The highest BCUT2D eigenvalue weighted by atomic mass is 19.1. The Labute approximate surface area is 176 Å². The van der Waals surface area contributed by atoms with Gasteiger partial charge >= 0.3 is 0 Å². The fourth-order valence-electron chi connectivity index (χ4n) is 4.30. The molecule has 30 heavy (non-hydrogen) atoms. The second-order valence-electron chi connectivity index (χ2n) is 8.20. The highest BCUT2D eigenvalue weighted by Gasteiger charge is 2.20. The molecule has 0 spiro atoms. The summed E-state index contributed by atoms with van der Waals surface area (Å²) < 4.78 is 42.6. The van der Waals surface area contributed by atoms with E-state index in [0.717, 1.165) is 18.4 Å². The molecule has 0 saturated heterocycles. The van der Waals surface area contributed by atoms with Crippen molar-refractivity contribution < 1.29 is 13.2 Å². The summed E-state index contributed by atoms with van der Waals surface area (Å²) >= 11 is 0. The maximum Gasteiger partial charge on any atom is 0.142 e. The Morgan fingerprint density at radius 2 is 1.50 bits per heavy atom. The van der Waals surface area contributed by atoms with Crippen LogP contribution < -0.4 is 0 Å². The minimum absolute atomic E-state index is 0.0962. The lowest BCUT2D eigenvalue weighted by molar-refractivity contribution is 0.252. The minimum atomic E-state index is -0.704. The third kappa shape index (κ3) is 5.67. The summed E-state index contributed by atoms with van der Waals surface area (Å²) in [6.45, 7) is 2.23. The van der Waals surface area contributed by atoms with E-state index in [9.17, 15) is 13.2 Å². The molecule has 1 aliphatic carbocycles. The van der Waals surface area contributed by atoms with Gasteiger partial charge in [-0.15, -0.1) is 0 Å². The second kappa shape index (κ2) is 10.4. The summed E-state index contributed by atoms with van der Waals surface area (Å²) in [5.41, 5.74) is 0.494. The molecule has 1 aliphatic rings. The first-order valence-electron chi connectivity index (χ1n) is 10.7. The molecule has 0 aromatic heterocycles. The molecule has 0 amide bonds. The Morgan fingerprint density at radius 1 is 0.867 bits per heavy atom. The van der Waals surface area contributed by atoms with E-state index in [0.29, 0.717) is 17.9 Å². The molecule has 4 heteroatoms. The van der Waals surface area contributed by atoms with Crippen LogP contribution in [0.25, 0.3) is 0 Å². The summed E-state index contributed by atoms with van der Waals surface area (Å²) in [5, 5.41) is 8.75. The zero-order valence-electron chi connectivity index (χ0n) is 17.3. The van der Waals surface area contributed by atoms with Crippen LogP contribution in [0.3, 0.4) is 0 Å². The van der Waals surface area contributed by atoms with Crippen LogP contribution in [0.1, 0.15) is 74.1 Å². The molecule has 0 aliphatic heterocycles. The molecular weight excluding hydrogens is 383 g/mol. The number of halogens is 3. The predicted octanol–water partition coefficient (Wildman–Crippen LogP) is 6.91. The first-order valence-corrected chi connectivity index (χ1v) is 10.7. The highest BCUT2D eigenvalue weighted by molar-refractivity contribution is 5.47. The van der Waals surface area contributed by atoms with Gasteiger partial charge in [-0.2, -0.15) is 5.26 Å². The SMILES string of the molecule is CCC[C@H]1CC[C@H](CCc2cc(F)c(C#Cc3ccc(C#N)c(F)c3)c(F)c2)CC1. The number of nitriles is 1.